The minimum absolute atomic E-state index is 0.205. The van der Waals surface area contributed by atoms with Crippen molar-refractivity contribution in [1.82, 2.24) is 16.0 Å². The number of furan rings is 1. The molecule has 0 aliphatic carbocycles. The van der Waals surface area contributed by atoms with E-state index in [2.05, 4.69) is 16.0 Å². The summed E-state index contributed by atoms with van der Waals surface area (Å²) in [6.45, 7) is -0.0835. The van der Waals surface area contributed by atoms with E-state index in [0.717, 1.165) is 0 Å². The highest BCUT2D eigenvalue weighted by molar-refractivity contribution is 7.99. The Labute approximate surface area is 131 Å². The standard InChI is InChI=1S/C13H17N3O5S/c17-10(16-13(11(18)19)3-5-22-8-13)7-15-12(20)14-6-9-2-1-4-21-9/h1-2,4H,3,5-8H2,(H,16,17)(H,18,19)(H2,14,15,20). The van der Waals surface area contributed by atoms with Crippen LogP contribution in [-0.2, 0) is 16.1 Å². The molecular formula is C13H17N3O5S. The van der Waals surface area contributed by atoms with Crippen LogP contribution in [0.1, 0.15) is 12.2 Å². The Morgan fingerprint density at radius 1 is 1.36 bits per heavy atom. The molecule has 1 unspecified atom stereocenters. The van der Waals surface area contributed by atoms with Crippen molar-refractivity contribution >= 4 is 29.7 Å². The van der Waals surface area contributed by atoms with Gasteiger partial charge in [-0.2, -0.15) is 11.8 Å². The zero-order valence-electron chi connectivity index (χ0n) is 11.8. The van der Waals surface area contributed by atoms with E-state index in [4.69, 9.17) is 4.42 Å². The molecule has 1 saturated heterocycles. The SMILES string of the molecule is O=C(CNC(=O)NCc1ccco1)NC1(C(=O)O)CCSC1. The minimum Gasteiger partial charge on any atom is -0.479 e. The largest absolute Gasteiger partial charge is 0.479 e. The van der Waals surface area contributed by atoms with Crippen molar-refractivity contribution in [3.8, 4) is 0 Å². The fraction of sp³-hybridized carbons (Fsp3) is 0.462. The van der Waals surface area contributed by atoms with E-state index >= 15 is 0 Å². The molecule has 9 heteroatoms. The number of thioether (sulfide) groups is 1. The Hall–Kier alpha value is -2.16. The van der Waals surface area contributed by atoms with Crippen LogP contribution in [0.2, 0.25) is 0 Å². The number of carboxylic acids is 1. The average molecular weight is 327 g/mol. The van der Waals surface area contributed by atoms with Gasteiger partial charge in [-0.25, -0.2) is 9.59 Å². The third-order valence-corrected chi connectivity index (χ3v) is 4.41. The molecule has 2 rings (SSSR count). The van der Waals surface area contributed by atoms with E-state index in [1.165, 1.54) is 18.0 Å². The van der Waals surface area contributed by atoms with Gasteiger partial charge in [-0.1, -0.05) is 0 Å². The number of carboxylic acid groups (broad SMARTS) is 1. The zero-order chi connectivity index (χ0) is 16.0. The lowest BCUT2D eigenvalue weighted by atomic mass is 9.99. The van der Waals surface area contributed by atoms with Gasteiger partial charge >= 0.3 is 12.0 Å². The molecule has 0 radical (unpaired) electrons. The van der Waals surface area contributed by atoms with Gasteiger partial charge in [-0.15, -0.1) is 0 Å². The maximum Gasteiger partial charge on any atom is 0.330 e. The van der Waals surface area contributed by atoms with Crippen LogP contribution in [0.3, 0.4) is 0 Å². The van der Waals surface area contributed by atoms with Crippen LogP contribution < -0.4 is 16.0 Å². The van der Waals surface area contributed by atoms with Gasteiger partial charge in [0, 0.05) is 5.75 Å². The van der Waals surface area contributed by atoms with Gasteiger partial charge < -0.3 is 25.5 Å². The molecule has 0 aromatic carbocycles. The highest BCUT2D eigenvalue weighted by Crippen LogP contribution is 2.28. The van der Waals surface area contributed by atoms with E-state index < -0.39 is 23.4 Å². The van der Waals surface area contributed by atoms with Gasteiger partial charge in [-0.3, -0.25) is 4.79 Å². The molecule has 0 spiro atoms. The van der Waals surface area contributed by atoms with Crippen LogP contribution in [0.15, 0.2) is 22.8 Å². The Kier molecular flexibility index (Phi) is 5.31. The summed E-state index contributed by atoms with van der Waals surface area (Å²) >= 11 is 1.48. The predicted octanol–water partition coefficient (Wildman–Crippen LogP) is 0.155. The van der Waals surface area contributed by atoms with Crippen molar-refractivity contribution < 1.29 is 23.9 Å². The first kappa shape index (κ1) is 16.2. The second kappa shape index (κ2) is 7.21. The molecule has 0 bridgehead atoms. The molecule has 0 saturated carbocycles. The topological polar surface area (TPSA) is 121 Å². The number of hydrogen-bond donors (Lipinski definition) is 4. The van der Waals surface area contributed by atoms with Crippen LogP contribution in [0.5, 0.6) is 0 Å². The number of hydrogen-bond acceptors (Lipinski definition) is 5. The Balaban J connectivity index is 1.72. The van der Waals surface area contributed by atoms with Gasteiger partial charge in [0.05, 0.1) is 19.4 Å². The van der Waals surface area contributed by atoms with Crippen molar-refractivity contribution in [2.24, 2.45) is 0 Å². The van der Waals surface area contributed by atoms with Gasteiger partial charge in [0.15, 0.2) is 0 Å². The smallest absolute Gasteiger partial charge is 0.330 e. The quantitative estimate of drug-likeness (QED) is 0.590. The van der Waals surface area contributed by atoms with Gasteiger partial charge in [0.1, 0.15) is 11.3 Å². The predicted molar refractivity (Wildman–Crippen MR) is 79.4 cm³/mol. The summed E-state index contributed by atoms with van der Waals surface area (Å²) in [5.41, 5.74) is -1.23. The number of urea groups is 1. The zero-order valence-corrected chi connectivity index (χ0v) is 12.6. The second-order valence-corrected chi connectivity index (χ2v) is 5.96. The summed E-state index contributed by atoms with van der Waals surface area (Å²) in [5, 5.41) is 16.6. The Morgan fingerprint density at radius 2 is 2.18 bits per heavy atom. The van der Waals surface area contributed by atoms with Gasteiger partial charge in [0.25, 0.3) is 0 Å². The number of rotatable bonds is 6. The lowest BCUT2D eigenvalue weighted by molar-refractivity contribution is -0.146. The van der Waals surface area contributed by atoms with E-state index in [1.54, 1.807) is 12.1 Å². The highest BCUT2D eigenvalue weighted by atomic mass is 32.2. The second-order valence-electron chi connectivity index (χ2n) is 4.85. The minimum atomic E-state index is -1.23. The maximum atomic E-state index is 11.8. The first-order valence-corrected chi connectivity index (χ1v) is 7.83. The summed E-state index contributed by atoms with van der Waals surface area (Å²) in [4.78, 5) is 34.6. The molecular weight excluding hydrogens is 310 g/mol. The van der Waals surface area contributed by atoms with Crippen molar-refractivity contribution in [2.75, 3.05) is 18.1 Å². The molecule has 8 nitrogen and oxygen atoms in total. The highest BCUT2D eigenvalue weighted by Gasteiger charge is 2.43. The summed E-state index contributed by atoms with van der Waals surface area (Å²) in [6.07, 6.45) is 1.87. The lowest BCUT2D eigenvalue weighted by Gasteiger charge is -2.24. The summed E-state index contributed by atoms with van der Waals surface area (Å²) in [7, 11) is 0. The number of nitrogens with one attached hydrogen (secondary N) is 3. The summed E-state index contributed by atoms with van der Waals surface area (Å²) in [6, 6.07) is 2.88. The lowest BCUT2D eigenvalue weighted by Crippen LogP contribution is -2.57. The Bertz CT molecular complexity index is 540. The van der Waals surface area contributed by atoms with Crippen LogP contribution >= 0.6 is 11.8 Å². The maximum absolute atomic E-state index is 11.8. The van der Waals surface area contributed by atoms with Gasteiger partial charge in [0.2, 0.25) is 5.91 Å². The fourth-order valence-electron chi connectivity index (χ4n) is 2.00. The van der Waals surface area contributed by atoms with Crippen LogP contribution in [-0.4, -0.2) is 46.6 Å². The molecule has 22 heavy (non-hydrogen) atoms. The molecule has 1 aromatic rings. The molecule has 3 amide bonds. The van der Waals surface area contributed by atoms with Gasteiger partial charge in [-0.05, 0) is 24.3 Å². The van der Waals surface area contributed by atoms with Crippen molar-refractivity contribution in [3.05, 3.63) is 24.2 Å². The number of carbonyl (C=O) groups excluding carboxylic acids is 2. The summed E-state index contributed by atoms with van der Waals surface area (Å²) in [5.74, 6) is 0.0289. The molecule has 1 aliphatic heterocycles. The number of carbonyl (C=O) groups is 3. The molecule has 2 heterocycles. The van der Waals surface area contributed by atoms with E-state index in [-0.39, 0.29) is 13.1 Å². The van der Waals surface area contributed by atoms with Crippen molar-refractivity contribution in [1.29, 1.82) is 0 Å². The van der Waals surface area contributed by atoms with Crippen LogP contribution in [0.25, 0.3) is 0 Å². The molecule has 1 aliphatic rings. The van der Waals surface area contributed by atoms with Crippen LogP contribution in [0.4, 0.5) is 4.79 Å². The summed E-state index contributed by atoms with van der Waals surface area (Å²) < 4.78 is 5.05. The molecule has 120 valence electrons. The third-order valence-electron chi connectivity index (χ3n) is 3.22. The fourth-order valence-corrected chi connectivity index (χ4v) is 3.33. The average Bonchev–Trinajstić information content (AvgIpc) is 3.14. The monoisotopic (exact) mass is 327 g/mol. The normalized spacial score (nSPS) is 20.4. The third kappa shape index (κ3) is 4.17. The first-order chi connectivity index (χ1) is 10.5. The van der Waals surface area contributed by atoms with E-state index in [0.29, 0.717) is 23.7 Å². The molecule has 1 fully saturated rings. The van der Waals surface area contributed by atoms with E-state index in [1.807, 2.05) is 0 Å². The molecule has 4 N–H and O–H groups in total. The number of amides is 3. The number of aliphatic carboxylic acids is 1. The first-order valence-electron chi connectivity index (χ1n) is 6.68. The molecule has 1 aromatic heterocycles. The van der Waals surface area contributed by atoms with Crippen molar-refractivity contribution in [2.45, 2.75) is 18.5 Å². The van der Waals surface area contributed by atoms with Crippen LogP contribution in [0, 0.1) is 0 Å². The van der Waals surface area contributed by atoms with Crippen molar-refractivity contribution in [3.63, 3.8) is 0 Å². The Morgan fingerprint density at radius 3 is 2.77 bits per heavy atom. The molecule has 1 atom stereocenters. The van der Waals surface area contributed by atoms with E-state index in [9.17, 15) is 19.5 Å².